The quantitative estimate of drug-likeness (QED) is 0.773. The molecule has 2 aliphatic carbocycles. The van der Waals surface area contributed by atoms with Gasteiger partial charge in [0.05, 0.1) is 12.7 Å². The first-order chi connectivity index (χ1) is 8.17. The highest BCUT2D eigenvalue weighted by Gasteiger charge is 2.61. The molecule has 0 amide bonds. The van der Waals surface area contributed by atoms with Crippen molar-refractivity contribution in [1.29, 1.82) is 0 Å². The molecule has 0 aromatic heterocycles. The first kappa shape index (κ1) is 14.3. The van der Waals surface area contributed by atoms with Crippen molar-refractivity contribution in [1.82, 2.24) is 5.32 Å². The highest BCUT2D eigenvalue weighted by Crippen LogP contribution is 2.66. The van der Waals surface area contributed by atoms with E-state index in [1.165, 1.54) is 19.3 Å². The molecular formula is C16H31NO. The molecule has 2 fully saturated rings. The second-order valence-corrected chi connectivity index (χ2v) is 8.15. The average Bonchev–Trinajstić information content (AvgIpc) is 2.55. The van der Waals surface area contributed by atoms with Crippen LogP contribution in [0.5, 0.6) is 0 Å². The number of nitrogens with one attached hydrogen (secondary N) is 1. The molecule has 0 radical (unpaired) electrons. The van der Waals surface area contributed by atoms with Gasteiger partial charge in [-0.15, -0.1) is 0 Å². The van der Waals surface area contributed by atoms with E-state index in [4.69, 9.17) is 4.74 Å². The maximum absolute atomic E-state index is 6.21. The summed E-state index contributed by atoms with van der Waals surface area (Å²) in [5.74, 6) is 0.878. The Bertz CT molecular complexity index is 305. The summed E-state index contributed by atoms with van der Waals surface area (Å²) in [6.07, 6.45) is 4.51. The monoisotopic (exact) mass is 253 g/mol. The van der Waals surface area contributed by atoms with Gasteiger partial charge >= 0.3 is 0 Å². The SMILES string of the molecule is CC(C)(C)NCCO[C@@H]1C[C@H]2CC[C@@]1(C)C2(C)C. The van der Waals surface area contributed by atoms with Gasteiger partial charge in [0, 0.05) is 12.1 Å². The number of hydrogen-bond donors (Lipinski definition) is 1. The second-order valence-electron chi connectivity index (χ2n) is 8.15. The molecule has 1 N–H and O–H groups in total. The Morgan fingerprint density at radius 1 is 1.22 bits per heavy atom. The van der Waals surface area contributed by atoms with Crippen molar-refractivity contribution in [3.8, 4) is 0 Å². The lowest BCUT2D eigenvalue weighted by atomic mass is 9.70. The Labute approximate surface area is 113 Å². The van der Waals surface area contributed by atoms with E-state index in [1.807, 2.05) is 0 Å². The Kier molecular flexibility index (Phi) is 3.57. The first-order valence-corrected chi connectivity index (χ1v) is 7.53. The van der Waals surface area contributed by atoms with Crippen LogP contribution in [0.4, 0.5) is 0 Å². The molecule has 2 aliphatic rings. The van der Waals surface area contributed by atoms with Gasteiger partial charge in [-0.3, -0.25) is 0 Å². The lowest BCUT2D eigenvalue weighted by Crippen LogP contribution is -2.41. The molecule has 0 aromatic rings. The molecule has 106 valence electrons. The minimum absolute atomic E-state index is 0.196. The number of rotatable bonds is 4. The molecule has 18 heavy (non-hydrogen) atoms. The van der Waals surface area contributed by atoms with E-state index in [0.717, 1.165) is 19.1 Å². The fourth-order valence-electron chi connectivity index (χ4n) is 4.01. The third-order valence-corrected chi connectivity index (χ3v) is 5.79. The van der Waals surface area contributed by atoms with Gasteiger partial charge in [-0.25, -0.2) is 0 Å². The Hall–Kier alpha value is -0.0800. The predicted octanol–water partition coefficient (Wildman–Crippen LogP) is 3.61. The highest BCUT2D eigenvalue weighted by molar-refractivity contribution is 5.11. The van der Waals surface area contributed by atoms with E-state index in [9.17, 15) is 0 Å². The van der Waals surface area contributed by atoms with Crippen molar-refractivity contribution >= 4 is 0 Å². The molecule has 3 atom stereocenters. The summed E-state index contributed by atoms with van der Waals surface area (Å²) in [5.41, 5.74) is 1.07. The van der Waals surface area contributed by atoms with Crippen LogP contribution in [0.1, 0.15) is 60.8 Å². The molecule has 2 rings (SSSR count). The van der Waals surface area contributed by atoms with Gasteiger partial charge in [0.1, 0.15) is 0 Å². The van der Waals surface area contributed by atoms with Crippen molar-refractivity contribution in [2.75, 3.05) is 13.2 Å². The Morgan fingerprint density at radius 3 is 2.33 bits per heavy atom. The predicted molar refractivity (Wildman–Crippen MR) is 76.7 cm³/mol. The maximum atomic E-state index is 6.21. The lowest BCUT2D eigenvalue weighted by molar-refractivity contribution is -0.0459. The van der Waals surface area contributed by atoms with Gasteiger partial charge in [-0.1, -0.05) is 20.8 Å². The van der Waals surface area contributed by atoms with Crippen LogP contribution in [0, 0.1) is 16.7 Å². The number of ether oxygens (including phenoxy) is 1. The van der Waals surface area contributed by atoms with E-state index in [2.05, 4.69) is 46.9 Å². The van der Waals surface area contributed by atoms with Gasteiger partial charge in [0.15, 0.2) is 0 Å². The van der Waals surface area contributed by atoms with E-state index in [-0.39, 0.29) is 5.54 Å². The van der Waals surface area contributed by atoms with Crippen molar-refractivity contribution in [2.45, 2.75) is 72.4 Å². The van der Waals surface area contributed by atoms with Crippen LogP contribution in [0.15, 0.2) is 0 Å². The molecule has 0 heterocycles. The zero-order valence-electron chi connectivity index (χ0n) is 13.1. The van der Waals surface area contributed by atoms with Gasteiger partial charge in [0.25, 0.3) is 0 Å². The fourth-order valence-corrected chi connectivity index (χ4v) is 4.01. The van der Waals surface area contributed by atoms with Crippen molar-refractivity contribution in [3.63, 3.8) is 0 Å². The zero-order valence-corrected chi connectivity index (χ0v) is 13.1. The standard InChI is InChI=1S/C16H31NO/c1-14(2,3)17-9-10-18-13-11-12-7-8-16(13,6)15(12,4)5/h12-13,17H,7-11H2,1-6H3/t12-,13-,16-/m1/s1. The van der Waals surface area contributed by atoms with Gasteiger partial charge in [0.2, 0.25) is 0 Å². The van der Waals surface area contributed by atoms with Crippen LogP contribution >= 0.6 is 0 Å². The molecule has 0 spiro atoms. The molecule has 0 aliphatic heterocycles. The summed E-state index contributed by atoms with van der Waals surface area (Å²) in [6, 6.07) is 0. The number of fused-ring (bicyclic) bond motifs is 2. The number of hydrogen-bond acceptors (Lipinski definition) is 2. The third-order valence-electron chi connectivity index (χ3n) is 5.79. The van der Waals surface area contributed by atoms with E-state index in [0.29, 0.717) is 16.9 Å². The largest absolute Gasteiger partial charge is 0.376 e. The van der Waals surface area contributed by atoms with Crippen molar-refractivity contribution in [2.24, 2.45) is 16.7 Å². The van der Waals surface area contributed by atoms with Crippen LogP contribution in [0.3, 0.4) is 0 Å². The normalized spacial score (nSPS) is 38.3. The minimum Gasteiger partial charge on any atom is -0.376 e. The lowest BCUT2D eigenvalue weighted by Gasteiger charge is -2.39. The minimum atomic E-state index is 0.196. The van der Waals surface area contributed by atoms with Crippen LogP contribution < -0.4 is 5.32 Å². The Balaban J connectivity index is 1.82. The smallest absolute Gasteiger partial charge is 0.0637 e. The maximum Gasteiger partial charge on any atom is 0.0637 e. The molecule has 0 unspecified atom stereocenters. The van der Waals surface area contributed by atoms with Gasteiger partial charge < -0.3 is 10.1 Å². The average molecular weight is 253 g/mol. The molecule has 2 nitrogen and oxygen atoms in total. The van der Waals surface area contributed by atoms with Crippen LogP contribution in [0.25, 0.3) is 0 Å². The van der Waals surface area contributed by atoms with Crippen LogP contribution in [0.2, 0.25) is 0 Å². The summed E-state index contributed by atoms with van der Waals surface area (Å²) in [5, 5.41) is 3.50. The summed E-state index contributed by atoms with van der Waals surface area (Å²) in [6.45, 7) is 15.8. The van der Waals surface area contributed by atoms with Crippen molar-refractivity contribution in [3.05, 3.63) is 0 Å². The Morgan fingerprint density at radius 2 is 1.89 bits per heavy atom. The second kappa shape index (κ2) is 4.49. The highest BCUT2D eigenvalue weighted by atomic mass is 16.5. The molecular weight excluding hydrogens is 222 g/mol. The molecule has 0 saturated heterocycles. The molecule has 2 heteroatoms. The first-order valence-electron chi connectivity index (χ1n) is 7.53. The summed E-state index contributed by atoms with van der Waals surface area (Å²) in [4.78, 5) is 0. The van der Waals surface area contributed by atoms with Crippen LogP contribution in [-0.4, -0.2) is 24.8 Å². The van der Waals surface area contributed by atoms with Gasteiger partial charge in [-0.2, -0.15) is 0 Å². The summed E-state index contributed by atoms with van der Waals surface area (Å²) in [7, 11) is 0. The van der Waals surface area contributed by atoms with Crippen LogP contribution in [-0.2, 0) is 4.74 Å². The zero-order chi connectivity index (χ0) is 13.6. The van der Waals surface area contributed by atoms with Crippen molar-refractivity contribution < 1.29 is 4.74 Å². The third kappa shape index (κ3) is 2.34. The van der Waals surface area contributed by atoms with E-state index in [1.54, 1.807) is 0 Å². The van der Waals surface area contributed by atoms with E-state index < -0.39 is 0 Å². The van der Waals surface area contributed by atoms with Gasteiger partial charge in [-0.05, 0) is 56.8 Å². The topological polar surface area (TPSA) is 21.3 Å². The summed E-state index contributed by atoms with van der Waals surface area (Å²) >= 11 is 0. The fraction of sp³-hybridized carbons (Fsp3) is 1.00. The molecule has 2 bridgehead atoms. The van der Waals surface area contributed by atoms with E-state index >= 15 is 0 Å². The molecule has 0 aromatic carbocycles. The summed E-state index contributed by atoms with van der Waals surface area (Å²) < 4.78 is 6.21. The molecule has 2 saturated carbocycles.